The van der Waals surface area contributed by atoms with Gasteiger partial charge in [-0.15, -0.1) is 0 Å². The molecule has 0 aromatic rings. The standard InChI is InChI=1S/C37H70N2O4/c1-15-30-17-32(38)27(8)34(43-31-16-23(4)28(9)36(12,20-31)42-14)25(6)19-35(11,40)18-24(5)33(39-21-22(2)3)26(7)29(10)37(30,13)41/h22-31,34,38,40-41H,15-21H2,1-14H3/t23?,24-,25-,26?,27?,28+,29?,30+,31-,34+,35-,36-,37+/m1/s1. The Morgan fingerprint density at radius 2 is 1.51 bits per heavy atom. The molecule has 0 aliphatic heterocycles. The third-order valence-electron chi connectivity index (χ3n) is 12.1. The molecule has 3 N–H and O–H groups in total. The highest BCUT2D eigenvalue weighted by Gasteiger charge is 2.46. The van der Waals surface area contributed by atoms with E-state index >= 15 is 0 Å². The molecule has 2 rings (SSSR count). The minimum atomic E-state index is -0.970. The van der Waals surface area contributed by atoms with Crippen LogP contribution in [-0.2, 0) is 9.47 Å². The van der Waals surface area contributed by atoms with E-state index in [1.807, 2.05) is 21.0 Å². The van der Waals surface area contributed by atoms with Gasteiger partial charge in [0, 0.05) is 37.4 Å². The van der Waals surface area contributed by atoms with Crippen LogP contribution < -0.4 is 0 Å². The predicted molar refractivity (Wildman–Crippen MR) is 181 cm³/mol. The van der Waals surface area contributed by atoms with Crippen molar-refractivity contribution in [3.05, 3.63) is 0 Å². The van der Waals surface area contributed by atoms with Crippen molar-refractivity contribution in [2.45, 2.75) is 158 Å². The Kier molecular flexibility index (Phi) is 13.5. The normalized spacial score (nSPS) is 47.1. The van der Waals surface area contributed by atoms with Gasteiger partial charge in [-0.3, -0.25) is 4.99 Å². The summed E-state index contributed by atoms with van der Waals surface area (Å²) in [7, 11) is 1.81. The molecule has 4 unspecified atom stereocenters. The van der Waals surface area contributed by atoms with Crippen LogP contribution in [0.2, 0.25) is 0 Å². The van der Waals surface area contributed by atoms with Gasteiger partial charge in [-0.05, 0) is 93.8 Å². The highest BCUT2D eigenvalue weighted by molar-refractivity contribution is 5.89. The Hall–Kier alpha value is -0.820. The molecule has 0 bridgehead atoms. The fraction of sp³-hybridized carbons (Fsp3) is 0.946. The maximum absolute atomic E-state index is 12.1. The lowest BCUT2D eigenvalue weighted by Gasteiger charge is -2.48. The lowest BCUT2D eigenvalue weighted by molar-refractivity contribution is -0.159. The van der Waals surface area contributed by atoms with Gasteiger partial charge in [0.25, 0.3) is 0 Å². The van der Waals surface area contributed by atoms with E-state index in [1.54, 1.807) is 0 Å². The van der Waals surface area contributed by atoms with Crippen molar-refractivity contribution in [3.63, 3.8) is 0 Å². The van der Waals surface area contributed by atoms with Crippen molar-refractivity contribution in [3.8, 4) is 0 Å². The van der Waals surface area contributed by atoms with Crippen LogP contribution in [0.4, 0.5) is 0 Å². The molecular formula is C37H70N2O4. The fourth-order valence-electron chi connectivity index (χ4n) is 8.52. The molecule has 2 saturated carbocycles. The van der Waals surface area contributed by atoms with Crippen molar-refractivity contribution in [2.75, 3.05) is 13.7 Å². The number of hydrogen-bond donors (Lipinski definition) is 3. The van der Waals surface area contributed by atoms with Gasteiger partial charge >= 0.3 is 0 Å². The van der Waals surface area contributed by atoms with E-state index in [0.717, 1.165) is 31.5 Å². The van der Waals surface area contributed by atoms with Gasteiger partial charge in [0.2, 0.25) is 0 Å². The third kappa shape index (κ3) is 9.36. The highest BCUT2D eigenvalue weighted by Crippen LogP contribution is 2.44. The van der Waals surface area contributed by atoms with E-state index in [1.165, 1.54) is 0 Å². The van der Waals surface area contributed by atoms with Crippen molar-refractivity contribution in [2.24, 2.45) is 58.3 Å². The number of methoxy groups -OCH3 is 1. The average Bonchev–Trinajstić information content (AvgIpc) is 2.90. The molecule has 2 aliphatic rings. The molecule has 0 aromatic carbocycles. The van der Waals surface area contributed by atoms with Gasteiger partial charge < -0.3 is 25.1 Å². The third-order valence-corrected chi connectivity index (χ3v) is 12.1. The number of ether oxygens (including phenoxy) is 2. The van der Waals surface area contributed by atoms with Crippen molar-refractivity contribution in [1.82, 2.24) is 0 Å². The van der Waals surface area contributed by atoms with Crippen LogP contribution in [0.25, 0.3) is 0 Å². The molecule has 13 atom stereocenters. The second-order valence-corrected chi connectivity index (χ2v) is 16.3. The Morgan fingerprint density at radius 3 is 2.05 bits per heavy atom. The van der Waals surface area contributed by atoms with Crippen LogP contribution in [0.3, 0.4) is 0 Å². The van der Waals surface area contributed by atoms with Gasteiger partial charge in [-0.25, -0.2) is 0 Å². The quantitative estimate of drug-likeness (QED) is 0.284. The Bertz CT molecular complexity index is 930. The zero-order valence-electron chi connectivity index (χ0n) is 30.5. The molecule has 43 heavy (non-hydrogen) atoms. The summed E-state index contributed by atoms with van der Waals surface area (Å²) in [4.78, 5) is 5.14. The summed E-state index contributed by atoms with van der Waals surface area (Å²) in [5.41, 5.74) is -0.411. The van der Waals surface area contributed by atoms with Gasteiger partial charge in [0.15, 0.2) is 0 Å². The first kappa shape index (κ1) is 38.4. The molecule has 252 valence electrons. The molecule has 0 saturated heterocycles. The number of aliphatic imine (C=N–C) groups is 1. The maximum atomic E-state index is 12.1. The van der Waals surface area contributed by atoms with E-state index in [4.69, 9.17) is 14.5 Å². The molecule has 0 aromatic heterocycles. The second-order valence-electron chi connectivity index (χ2n) is 16.3. The Balaban J connectivity index is 2.56. The van der Waals surface area contributed by atoms with Gasteiger partial charge in [0.05, 0.1) is 29.0 Å². The molecule has 0 radical (unpaired) electrons. The summed E-state index contributed by atoms with van der Waals surface area (Å²) >= 11 is 0. The van der Waals surface area contributed by atoms with Crippen molar-refractivity contribution in [1.29, 1.82) is 5.41 Å². The average molecular weight is 607 g/mol. The largest absolute Gasteiger partial charge is 0.390 e. The highest BCUT2D eigenvalue weighted by atomic mass is 16.5. The summed E-state index contributed by atoms with van der Waals surface area (Å²) in [6.07, 6.45) is 4.13. The minimum absolute atomic E-state index is 0.0299. The topological polar surface area (TPSA) is 95.1 Å². The number of nitrogens with zero attached hydrogens (tertiary/aromatic N) is 1. The predicted octanol–water partition coefficient (Wildman–Crippen LogP) is 8.22. The van der Waals surface area contributed by atoms with Crippen LogP contribution in [0.5, 0.6) is 0 Å². The molecule has 6 heteroatoms. The van der Waals surface area contributed by atoms with E-state index in [0.29, 0.717) is 42.7 Å². The molecule has 0 heterocycles. The fourth-order valence-corrected chi connectivity index (χ4v) is 8.52. The summed E-state index contributed by atoms with van der Waals surface area (Å²) < 4.78 is 13.1. The zero-order chi connectivity index (χ0) is 33.1. The summed E-state index contributed by atoms with van der Waals surface area (Å²) in [6, 6.07) is 0. The summed E-state index contributed by atoms with van der Waals surface area (Å²) in [5, 5.41) is 33.4. The first-order valence-electron chi connectivity index (χ1n) is 17.5. The van der Waals surface area contributed by atoms with Crippen LogP contribution in [0.1, 0.15) is 129 Å². The van der Waals surface area contributed by atoms with Crippen molar-refractivity contribution < 1.29 is 19.7 Å². The van der Waals surface area contributed by atoms with Gasteiger partial charge in [-0.2, -0.15) is 0 Å². The van der Waals surface area contributed by atoms with E-state index in [-0.39, 0.29) is 53.3 Å². The van der Waals surface area contributed by atoms with Crippen LogP contribution in [-0.4, -0.2) is 64.3 Å². The monoisotopic (exact) mass is 607 g/mol. The number of nitrogens with one attached hydrogen (secondary N) is 1. The first-order chi connectivity index (χ1) is 19.7. The molecule has 6 nitrogen and oxygen atoms in total. The SMILES string of the molecule is CC[C@H]1CC(=N)C(C)[C@@H](O[C@@H]2CC(C)[C@H](C)[C@](C)(OC)C2)[C@H](C)C[C@](C)(O)C[C@@H](C)C(=NCC(C)C)C(C)C(C)[C@]1(C)O. The second kappa shape index (κ2) is 15.2. The van der Waals surface area contributed by atoms with E-state index in [9.17, 15) is 15.6 Å². The van der Waals surface area contributed by atoms with Crippen LogP contribution in [0.15, 0.2) is 4.99 Å². The van der Waals surface area contributed by atoms with E-state index < -0.39 is 11.2 Å². The van der Waals surface area contributed by atoms with E-state index in [2.05, 4.69) is 76.2 Å². The maximum Gasteiger partial charge on any atom is 0.0703 e. The number of rotatable bonds is 6. The Labute approximate surface area is 265 Å². The molecule has 2 aliphatic carbocycles. The van der Waals surface area contributed by atoms with Gasteiger partial charge in [-0.1, -0.05) is 75.7 Å². The number of hydrogen-bond acceptors (Lipinski definition) is 6. The number of aliphatic hydroxyl groups is 2. The zero-order valence-corrected chi connectivity index (χ0v) is 30.5. The molecule has 0 spiro atoms. The van der Waals surface area contributed by atoms with Crippen molar-refractivity contribution >= 4 is 11.4 Å². The van der Waals surface area contributed by atoms with Crippen LogP contribution >= 0.6 is 0 Å². The lowest BCUT2D eigenvalue weighted by Crippen LogP contribution is -2.51. The first-order valence-corrected chi connectivity index (χ1v) is 17.5. The molecule has 0 amide bonds. The smallest absolute Gasteiger partial charge is 0.0703 e. The minimum Gasteiger partial charge on any atom is -0.390 e. The Morgan fingerprint density at radius 1 is 0.907 bits per heavy atom. The molecular weight excluding hydrogens is 536 g/mol. The summed E-state index contributed by atoms with van der Waals surface area (Å²) in [5.74, 6) is 1.28. The van der Waals surface area contributed by atoms with Crippen LogP contribution in [0, 0.1) is 58.7 Å². The summed E-state index contributed by atoms with van der Waals surface area (Å²) in [6.45, 7) is 28.8. The molecule has 2 fully saturated rings. The lowest BCUT2D eigenvalue weighted by atomic mass is 9.66. The van der Waals surface area contributed by atoms with Gasteiger partial charge in [0.1, 0.15) is 0 Å².